The van der Waals surface area contributed by atoms with Gasteiger partial charge in [-0.15, -0.1) is 11.8 Å². The van der Waals surface area contributed by atoms with Crippen LogP contribution >= 0.6 is 11.8 Å². The number of sulfonamides is 1. The summed E-state index contributed by atoms with van der Waals surface area (Å²) < 4.78 is 30.1. The highest BCUT2D eigenvalue weighted by atomic mass is 32.2. The molecule has 154 valence electrons. The second-order valence-corrected chi connectivity index (χ2v) is 9.98. The lowest BCUT2D eigenvalue weighted by atomic mass is 9.97. The molecular weight excluding hydrogens is 402 g/mol. The summed E-state index contributed by atoms with van der Waals surface area (Å²) in [5, 5.41) is 2.85. The zero-order valence-electron chi connectivity index (χ0n) is 16.0. The third kappa shape index (κ3) is 4.79. The van der Waals surface area contributed by atoms with Crippen molar-refractivity contribution in [2.75, 3.05) is 43.4 Å². The molecule has 0 aliphatic carbocycles. The predicted octanol–water partition coefficient (Wildman–Crippen LogP) is 1.21. The number of nitrogens with one attached hydrogen (secondary N) is 1. The molecule has 1 aromatic rings. The van der Waals surface area contributed by atoms with E-state index in [4.69, 9.17) is 4.74 Å². The van der Waals surface area contributed by atoms with Crippen molar-refractivity contribution in [3.8, 4) is 5.75 Å². The smallest absolute Gasteiger partial charge is 0.248 e. The lowest BCUT2D eigenvalue weighted by Crippen LogP contribution is -2.50. The van der Waals surface area contributed by atoms with Crippen molar-refractivity contribution in [2.24, 2.45) is 5.92 Å². The number of methoxy groups -OCH3 is 1. The fraction of sp³-hybridized carbons (Fsp3) is 0.556. The third-order valence-electron chi connectivity index (χ3n) is 5.03. The fourth-order valence-corrected chi connectivity index (χ4v) is 5.53. The first-order valence-corrected chi connectivity index (χ1v) is 12.1. The molecule has 0 radical (unpaired) electrons. The lowest BCUT2D eigenvalue weighted by Gasteiger charge is -2.33. The van der Waals surface area contributed by atoms with Crippen molar-refractivity contribution >= 4 is 39.3 Å². The van der Waals surface area contributed by atoms with Crippen LogP contribution in [-0.2, 0) is 19.6 Å². The SMILES string of the molecule is COc1ccc(NC(=O)C2CSCN2C(=O)C2CCCN(S(C)(=O)=O)C2)cc1. The van der Waals surface area contributed by atoms with Crippen molar-refractivity contribution in [1.29, 1.82) is 0 Å². The first-order chi connectivity index (χ1) is 13.3. The average molecular weight is 428 g/mol. The minimum atomic E-state index is -3.32. The van der Waals surface area contributed by atoms with E-state index in [0.29, 0.717) is 42.5 Å². The highest BCUT2D eigenvalue weighted by Gasteiger charge is 2.39. The number of amides is 2. The number of benzene rings is 1. The molecule has 0 bridgehead atoms. The first-order valence-electron chi connectivity index (χ1n) is 9.08. The van der Waals surface area contributed by atoms with Gasteiger partial charge in [0.15, 0.2) is 0 Å². The Morgan fingerprint density at radius 3 is 2.61 bits per heavy atom. The minimum absolute atomic E-state index is 0.145. The third-order valence-corrected chi connectivity index (χ3v) is 7.31. The molecular formula is C18H25N3O5S2. The Kier molecular flexibility index (Phi) is 6.51. The van der Waals surface area contributed by atoms with Crippen molar-refractivity contribution in [3.63, 3.8) is 0 Å². The summed E-state index contributed by atoms with van der Waals surface area (Å²) in [5.41, 5.74) is 0.635. The van der Waals surface area contributed by atoms with Gasteiger partial charge < -0.3 is 15.0 Å². The molecule has 10 heteroatoms. The Hall–Kier alpha value is -1.78. The molecule has 2 unspecified atom stereocenters. The van der Waals surface area contributed by atoms with E-state index in [1.165, 1.54) is 16.1 Å². The van der Waals surface area contributed by atoms with E-state index in [1.54, 1.807) is 36.3 Å². The van der Waals surface area contributed by atoms with Gasteiger partial charge in [0.2, 0.25) is 21.8 Å². The average Bonchev–Trinajstić information content (AvgIpc) is 3.17. The molecule has 2 amide bonds. The Morgan fingerprint density at radius 2 is 1.96 bits per heavy atom. The van der Waals surface area contributed by atoms with Crippen LogP contribution in [0.4, 0.5) is 5.69 Å². The zero-order chi connectivity index (χ0) is 20.3. The molecule has 28 heavy (non-hydrogen) atoms. The molecule has 2 aliphatic rings. The van der Waals surface area contributed by atoms with Gasteiger partial charge in [-0.3, -0.25) is 9.59 Å². The van der Waals surface area contributed by atoms with E-state index in [0.717, 1.165) is 6.26 Å². The number of hydrogen-bond donors (Lipinski definition) is 1. The summed E-state index contributed by atoms with van der Waals surface area (Å²) in [4.78, 5) is 27.3. The molecule has 1 N–H and O–H groups in total. The fourth-order valence-electron chi connectivity index (χ4n) is 3.46. The molecule has 2 saturated heterocycles. The second-order valence-electron chi connectivity index (χ2n) is 7.00. The van der Waals surface area contributed by atoms with E-state index in [1.807, 2.05) is 0 Å². The maximum atomic E-state index is 13.0. The zero-order valence-corrected chi connectivity index (χ0v) is 17.6. The minimum Gasteiger partial charge on any atom is -0.497 e. The molecule has 8 nitrogen and oxygen atoms in total. The quantitative estimate of drug-likeness (QED) is 0.759. The number of carbonyl (C=O) groups excluding carboxylic acids is 2. The predicted molar refractivity (Wildman–Crippen MR) is 109 cm³/mol. The Bertz CT molecular complexity index is 828. The highest BCUT2D eigenvalue weighted by molar-refractivity contribution is 7.99. The number of hydrogen-bond acceptors (Lipinski definition) is 6. The van der Waals surface area contributed by atoms with Gasteiger partial charge in [0, 0.05) is 24.5 Å². The van der Waals surface area contributed by atoms with E-state index < -0.39 is 22.0 Å². The van der Waals surface area contributed by atoms with Crippen LogP contribution in [0.3, 0.4) is 0 Å². The molecule has 1 aromatic carbocycles. The van der Waals surface area contributed by atoms with Gasteiger partial charge in [-0.05, 0) is 37.1 Å². The molecule has 2 atom stereocenters. The summed E-state index contributed by atoms with van der Waals surface area (Å²) >= 11 is 1.53. The monoisotopic (exact) mass is 427 g/mol. The Balaban J connectivity index is 1.65. The second kappa shape index (κ2) is 8.71. The number of anilines is 1. The maximum absolute atomic E-state index is 13.0. The summed E-state index contributed by atoms with van der Waals surface area (Å²) in [6, 6.07) is 6.44. The van der Waals surface area contributed by atoms with Gasteiger partial charge in [-0.25, -0.2) is 12.7 Å². The number of piperidine rings is 1. The number of carbonyl (C=O) groups is 2. The number of rotatable bonds is 5. The Morgan fingerprint density at radius 1 is 1.25 bits per heavy atom. The standard InChI is InChI=1S/C18H25N3O5S2/c1-26-15-7-5-14(6-8-15)19-17(22)16-11-27-12-21(16)18(23)13-4-3-9-20(10-13)28(2,24)25/h5-8,13,16H,3-4,9-12H2,1-2H3,(H,19,22). The van der Waals surface area contributed by atoms with Gasteiger partial charge in [0.25, 0.3) is 0 Å². The highest BCUT2D eigenvalue weighted by Crippen LogP contribution is 2.28. The Labute approximate surface area is 169 Å². The van der Waals surface area contributed by atoms with Gasteiger partial charge in [-0.2, -0.15) is 0 Å². The van der Waals surface area contributed by atoms with E-state index in [-0.39, 0.29) is 18.4 Å². The van der Waals surface area contributed by atoms with E-state index >= 15 is 0 Å². The number of nitrogens with zero attached hydrogens (tertiary/aromatic N) is 2. The summed E-state index contributed by atoms with van der Waals surface area (Å²) in [6.45, 7) is 0.629. The van der Waals surface area contributed by atoms with Gasteiger partial charge >= 0.3 is 0 Å². The molecule has 0 aromatic heterocycles. The van der Waals surface area contributed by atoms with E-state index in [9.17, 15) is 18.0 Å². The van der Waals surface area contributed by atoms with Crippen LogP contribution in [0.5, 0.6) is 5.75 Å². The van der Waals surface area contributed by atoms with Crippen LogP contribution in [0.2, 0.25) is 0 Å². The molecule has 0 spiro atoms. The van der Waals surface area contributed by atoms with Crippen molar-refractivity contribution in [3.05, 3.63) is 24.3 Å². The molecule has 2 aliphatic heterocycles. The molecule has 3 rings (SSSR count). The van der Waals surface area contributed by atoms with Crippen LogP contribution in [-0.4, -0.2) is 73.6 Å². The topological polar surface area (TPSA) is 96.0 Å². The van der Waals surface area contributed by atoms with Crippen LogP contribution in [0.1, 0.15) is 12.8 Å². The largest absolute Gasteiger partial charge is 0.497 e. The summed E-state index contributed by atoms with van der Waals surface area (Å²) in [6.07, 6.45) is 2.45. The van der Waals surface area contributed by atoms with E-state index in [2.05, 4.69) is 5.32 Å². The van der Waals surface area contributed by atoms with Gasteiger partial charge in [-0.1, -0.05) is 0 Å². The summed E-state index contributed by atoms with van der Waals surface area (Å²) in [7, 11) is -1.75. The van der Waals surface area contributed by atoms with Crippen molar-refractivity contribution in [2.45, 2.75) is 18.9 Å². The maximum Gasteiger partial charge on any atom is 0.248 e. The van der Waals surface area contributed by atoms with Crippen molar-refractivity contribution in [1.82, 2.24) is 9.21 Å². The normalized spacial score (nSPS) is 23.4. The molecule has 2 heterocycles. The van der Waals surface area contributed by atoms with Gasteiger partial charge in [0.05, 0.1) is 25.2 Å². The van der Waals surface area contributed by atoms with Crippen molar-refractivity contribution < 1.29 is 22.7 Å². The lowest BCUT2D eigenvalue weighted by molar-refractivity contribution is -0.140. The van der Waals surface area contributed by atoms with Gasteiger partial charge in [0.1, 0.15) is 11.8 Å². The van der Waals surface area contributed by atoms with Crippen LogP contribution in [0, 0.1) is 5.92 Å². The molecule has 0 saturated carbocycles. The van der Waals surface area contributed by atoms with Crippen LogP contribution in [0.15, 0.2) is 24.3 Å². The number of ether oxygens (including phenoxy) is 1. The summed E-state index contributed by atoms with van der Waals surface area (Å²) in [5.74, 6) is 0.871. The first kappa shape index (κ1) is 20.9. The number of thioether (sulfide) groups is 1. The molecule has 2 fully saturated rings. The van der Waals surface area contributed by atoms with Crippen LogP contribution < -0.4 is 10.1 Å². The van der Waals surface area contributed by atoms with Crippen LogP contribution in [0.25, 0.3) is 0 Å².